The van der Waals surface area contributed by atoms with E-state index in [1.54, 1.807) is 11.3 Å². The van der Waals surface area contributed by atoms with Crippen molar-refractivity contribution in [1.29, 1.82) is 0 Å². The van der Waals surface area contributed by atoms with Crippen LogP contribution in [0, 0.1) is 0 Å². The predicted molar refractivity (Wildman–Crippen MR) is 83.3 cm³/mol. The Morgan fingerprint density at radius 3 is 3.10 bits per heavy atom. The van der Waals surface area contributed by atoms with Crippen molar-refractivity contribution in [2.24, 2.45) is 0 Å². The zero-order valence-corrected chi connectivity index (χ0v) is 12.7. The Hall–Kier alpha value is -1.50. The molecule has 1 aliphatic heterocycles. The van der Waals surface area contributed by atoms with Crippen molar-refractivity contribution in [2.45, 2.75) is 38.0 Å². The number of fused-ring (bicyclic) bond motifs is 1. The molecule has 0 bridgehead atoms. The van der Waals surface area contributed by atoms with Gasteiger partial charge in [-0.05, 0) is 25.5 Å². The van der Waals surface area contributed by atoms with Crippen molar-refractivity contribution < 1.29 is 9.90 Å². The second-order valence-electron chi connectivity index (χ2n) is 5.54. The van der Waals surface area contributed by atoms with Crippen LogP contribution >= 0.6 is 11.3 Å². The molecule has 0 radical (unpaired) electrons. The number of aromatic nitrogens is 1. The molecule has 2 aromatic rings. The lowest BCUT2D eigenvalue weighted by molar-refractivity contribution is -0.123. The molecule has 1 saturated heterocycles. The number of aliphatic hydroxyl groups excluding tert-OH is 1. The number of benzene rings is 1. The van der Waals surface area contributed by atoms with Crippen molar-refractivity contribution in [3.63, 3.8) is 0 Å². The first kappa shape index (κ1) is 14.4. The highest BCUT2D eigenvalue weighted by atomic mass is 32.1. The maximum absolute atomic E-state index is 12.1. The van der Waals surface area contributed by atoms with Crippen LogP contribution in [0.25, 0.3) is 10.2 Å². The minimum atomic E-state index is -0.416. The fraction of sp³-hybridized carbons (Fsp3) is 0.467. The van der Waals surface area contributed by atoms with E-state index in [0.717, 1.165) is 16.9 Å². The van der Waals surface area contributed by atoms with Gasteiger partial charge in [-0.15, -0.1) is 11.3 Å². The average Bonchev–Trinajstić information content (AvgIpc) is 3.03. The highest BCUT2D eigenvalue weighted by molar-refractivity contribution is 7.18. The van der Waals surface area contributed by atoms with Crippen molar-refractivity contribution in [3.8, 4) is 0 Å². The lowest BCUT2D eigenvalue weighted by Gasteiger charge is -2.16. The molecule has 21 heavy (non-hydrogen) atoms. The molecule has 0 spiro atoms. The molecule has 1 fully saturated rings. The molecule has 3 rings (SSSR count). The number of hydrogen-bond donors (Lipinski definition) is 3. The van der Waals surface area contributed by atoms with Gasteiger partial charge in [-0.25, -0.2) is 4.98 Å². The van der Waals surface area contributed by atoms with Gasteiger partial charge in [0.05, 0.1) is 27.4 Å². The number of rotatable bonds is 4. The van der Waals surface area contributed by atoms with Crippen LogP contribution in [0.15, 0.2) is 24.3 Å². The summed E-state index contributed by atoms with van der Waals surface area (Å²) in [7, 11) is 0. The van der Waals surface area contributed by atoms with Gasteiger partial charge in [0.1, 0.15) is 0 Å². The SMILES string of the molecule is CC(Cc1nc2ccccc2s1)NC(=O)C1CC(O)CN1. The van der Waals surface area contributed by atoms with E-state index < -0.39 is 6.10 Å². The Morgan fingerprint density at radius 2 is 2.38 bits per heavy atom. The predicted octanol–water partition coefficient (Wildman–Crippen LogP) is 1.07. The summed E-state index contributed by atoms with van der Waals surface area (Å²) in [5.41, 5.74) is 1.01. The summed E-state index contributed by atoms with van der Waals surface area (Å²) in [6, 6.07) is 7.79. The van der Waals surface area contributed by atoms with Gasteiger partial charge in [-0.3, -0.25) is 4.79 Å². The molecule has 1 aliphatic rings. The first-order valence-electron chi connectivity index (χ1n) is 7.18. The van der Waals surface area contributed by atoms with Gasteiger partial charge in [0.2, 0.25) is 5.91 Å². The van der Waals surface area contributed by atoms with E-state index in [-0.39, 0.29) is 18.0 Å². The van der Waals surface area contributed by atoms with Gasteiger partial charge in [-0.1, -0.05) is 12.1 Å². The molecule has 3 atom stereocenters. The van der Waals surface area contributed by atoms with Crippen LogP contribution < -0.4 is 10.6 Å². The molecule has 5 nitrogen and oxygen atoms in total. The van der Waals surface area contributed by atoms with Crippen molar-refractivity contribution in [1.82, 2.24) is 15.6 Å². The first-order valence-corrected chi connectivity index (χ1v) is 8.00. The largest absolute Gasteiger partial charge is 0.392 e. The van der Waals surface area contributed by atoms with Crippen molar-refractivity contribution in [2.75, 3.05) is 6.54 Å². The third kappa shape index (κ3) is 3.40. The zero-order valence-electron chi connectivity index (χ0n) is 11.9. The maximum atomic E-state index is 12.1. The highest BCUT2D eigenvalue weighted by Crippen LogP contribution is 2.22. The van der Waals surface area contributed by atoms with Crippen LogP contribution in [0.5, 0.6) is 0 Å². The third-order valence-electron chi connectivity index (χ3n) is 3.63. The Morgan fingerprint density at radius 1 is 1.57 bits per heavy atom. The number of carbonyl (C=O) groups is 1. The topological polar surface area (TPSA) is 74.2 Å². The molecular formula is C15H19N3O2S. The van der Waals surface area contributed by atoms with Crippen LogP contribution in [-0.4, -0.2) is 40.7 Å². The van der Waals surface area contributed by atoms with Crippen LogP contribution in [-0.2, 0) is 11.2 Å². The molecule has 1 aromatic carbocycles. The van der Waals surface area contributed by atoms with Gasteiger partial charge in [0.25, 0.3) is 0 Å². The fourth-order valence-corrected chi connectivity index (χ4v) is 3.68. The molecule has 0 saturated carbocycles. The molecular weight excluding hydrogens is 286 g/mol. The number of β-amino-alcohol motifs (C(OH)–C–C–N with tert-alkyl or cyclic N) is 1. The lowest BCUT2D eigenvalue weighted by Crippen LogP contribution is -2.44. The number of para-hydroxylation sites is 1. The number of thiazole rings is 1. The lowest BCUT2D eigenvalue weighted by atomic mass is 10.1. The summed E-state index contributed by atoms with van der Waals surface area (Å²) in [5.74, 6) is -0.0415. The number of amides is 1. The normalized spacial score (nSPS) is 23.3. The fourth-order valence-electron chi connectivity index (χ4n) is 2.58. The van der Waals surface area contributed by atoms with Crippen molar-refractivity contribution >= 4 is 27.5 Å². The summed E-state index contributed by atoms with van der Waals surface area (Å²) in [6.07, 6.45) is 0.792. The Balaban J connectivity index is 1.58. The number of nitrogens with zero attached hydrogens (tertiary/aromatic N) is 1. The molecule has 2 heterocycles. The summed E-state index contributed by atoms with van der Waals surface area (Å²) in [6.45, 7) is 2.47. The molecule has 3 unspecified atom stereocenters. The molecule has 112 valence electrons. The van der Waals surface area contributed by atoms with E-state index in [1.807, 2.05) is 25.1 Å². The molecule has 6 heteroatoms. The molecule has 1 amide bonds. The second-order valence-corrected chi connectivity index (χ2v) is 6.65. The molecule has 3 N–H and O–H groups in total. The highest BCUT2D eigenvalue weighted by Gasteiger charge is 2.28. The van der Waals surface area contributed by atoms with Gasteiger partial charge in [0, 0.05) is 19.0 Å². The summed E-state index contributed by atoms with van der Waals surface area (Å²) < 4.78 is 1.17. The quantitative estimate of drug-likeness (QED) is 0.790. The molecule has 1 aromatic heterocycles. The van der Waals surface area contributed by atoms with Gasteiger partial charge < -0.3 is 15.7 Å². The second kappa shape index (κ2) is 6.09. The summed E-state index contributed by atoms with van der Waals surface area (Å²) in [5, 5.41) is 16.5. The Kier molecular flexibility index (Phi) is 4.19. The number of nitrogens with one attached hydrogen (secondary N) is 2. The van der Waals surface area contributed by atoms with E-state index in [2.05, 4.69) is 21.7 Å². The standard InChI is InChI=1S/C15H19N3O2S/c1-9(17-15(20)12-7-10(19)8-16-12)6-14-18-11-4-2-3-5-13(11)21-14/h2-5,9-10,12,16,19H,6-8H2,1H3,(H,17,20). The summed E-state index contributed by atoms with van der Waals surface area (Å²) in [4.78, 5) is 16.6. The van der Waals surface area contributed by atoms with Crippen LogP contribution in [0.1, 0.15) is 18.4 Å². The van der Waals surface area contributed by atoms with Crippen LogP contribution in [0.3, 0.4) is 0 Å². The minimum Gasteiger partial charge on any atom is -0.392 e. The van der Waals surface area contributed by atoms with E-state index in [1.165, 1.54) is 4.70 Å². The first-order chi connectivity index (χ1) is 10.1. The monoisotopic (exact) mass is 305 g/mol. The zero-order chi connectivity index (χ0) is 14.8. The Labute approximate surface area is 127 Å². The smallest absolute Gasteiger partial charge is 0.237 e. The Bertz CT molecular complexity index is 610. The number of hydrogen-bond acceptors (Lipinski definition) is 5. The van der Waals surface area contributed by atoms with Crippen molar-refractivity contribution in [3.05, 3.63) is 29.3 Å². The molecule has 0 aliphatic carbocycles. The maximum Gasteiger partial charge on any atom is 0.237 e. The van der Waals surface area contributed by atoms with Crippen LogP contribution in [0.2, 0.25) is 0 Å². The van der Waals surface area contributed by atoms with E-state index >= 15 is 0 Å². The minimum absolute atomic E-state index is 0.0256. The third-order valence-corrected chi connectivity index (χ3v) is 4.69. The van der Waals surface area contributed by atoms with Crippen LogP contribution in [0.4, 0.5) is 0 Å². The van der Waals surface area contributed by atoms with Gasteiger partial charge >= 0.3 is 0 Å². The average molecular weight is 305 g/mol. The van der Waals surface area contributed by atoms with E-state index in [9.17, 15) is 9.90 Å². The van der Waals surface area contributed by atoms with E-state index in [0.29, 0.717) is 13.0 Å². The van der Waals surface area contributed by atoms with Gasteiger partial charge in [0.15, 0.2) is 0 Å². The van der Waals surface area contributed by atoms with E-state index in [4.69, 9.17) is 0 Å². The number of carbonyl (C=O) groups excluding carboxylic acids is 1. The summed E-state index contributed by atoms with van der Waals surface area (Å²) >= 11 is 1.67. The van der Waals surface area contributed by atoms with Gasteiger partial charge in [-0.2, -0.15) is 0 Å². The number of aliphatic hydroxyl groups is 1.